The normalized spacial score (nSPS) is 22.8. The van der Waals surface area contributed by atoms with E-state index in [9.17, 15) is 0 Å². The van der Waals surface area contributed by atoms with Crippen molar-refractivity contribution in [1.29, 1.82) is 0 Å². The highest BCUT2D eigenvalue weighted by molar-refractivity contribution is 5.31. The van der Waals surface area contributed by atoms with Gasteiger partial charge in [-0.2, -0.15) is 0 Å². The molecule has 1 heterocycles. The standard InChI is InChI=1S/C17H28N2O2/c1-16(2)11-19(12-17(3,4)21-16)15(10-18)13-7-6-8-14(9-13)20-5/h6-9,15H,10-12,18H2,1-5H3. The van der Waals surface area contributed by atoms with Crippen molar-refractivity contribution < 1.29 is 9.47 Å². The fraction of sp³-hybridized carbons (Fsp3) is 0.647. The molecule has 1 fully saturated rings. The van der Waals surface area contributed by atoms with Gasteiger partial charge in [0.1, 0.15) is 5.75 Å². The van der Waals surface area contributed by atoms with Gasteiger partial charge in [0.2, 0.25) is 0 Å². The lowest BCUT2D eigenvalue weighted by atomic mass is 9.95. The number of methoxy groups -OCH3 is 1. The van der Waals surface area contributed by atoms with Crippen LogP contribution in [0.4, 0.5) is 0 Å². The first-order valence-electron chi connectivity index (χ1n) is 7.54. The molecule has 1 saturated heterocycles. The lowest BCUT2D eigenvalue weighted by Gasteiger charge is -2.49. The minimum absolute atomic E-state index is 0.173. The second-order valence-corrected chi connectivity index (χ2v) is 7.05. The summed E-state index contributed by atoms with van der Waals surface area (Å²) in [7, 11) is 1.69. The van der Waals surface area contributed by atoms with Gasteiger partial charge in [-0.25, -0.2) is 0 Å². The van der Waals surface area contributed by atoms with Gasteiger partial charge in [0.05, 0.1) is 18.3 Å². The minimum atomic E-state index is -0.173. The van der Waals surface area contributed by atoms with Gasteiger partial charge < -0.3 is 15.2 Å². The molecule has 2 N–H and O–H groups in total. The van der Waals surface area contributed by atoms with Crippen molar-refractivity contribution >= 4 is 0 Å². The van der Waals surface area contributed by atoms with Gasteiger partial charge in [0.25, 0.3) is 0 Å². The molecule has 1 aromatic rings. The maximum atomic E-state index is 6.16. The molecule has 1 aliphatic rings. The van der Waals surface area contributed by atoms with Gasteiger partial charge in [-0.15, -0.1) is 0 Å². The molecule has 2 rings (SSSR count). The fourth-order valence-corrected chi connectivity index (χ4v) is 3.41. The molecule has 118 valence electrons. The average Bonchev–Trinajstić information content (AvgIpc) is 2.36. The molecule has 4 heteroatoms. The van der Waals surface area contributed by atoms with Crippen molar-refractivity contribution in [1.82, 2.24) is 4.90 Å². The fourth-order valence-electron chi connectivity index (χ4n) is 3.41. The molecule has 1 unspecified atom stereocenters. The summed E-state index contributed by atoms with van der Waals surface area (Å²) in [5, 5.41) is 0. The second kappa shape index (κ2) is 5.95. The summed E-state index contributed by atoms with van der Waals surface area (Å²) in [5.74, 6) is 0.873. The third-order valence-corrected chi connectivity index (χ3v) is 3.86. The van der Waals surface area contributed by atoms with E-state index < -0.39 is 0 Å². The number of rotatable bonds is 4. The Balaban J connectivity index is 2.27. The predicted octanol–water partition coefficient (Wildman–Crippen LogP) is 2.58. The Labute approximate surface area is 128 Å². The highest BCUT2D eigenvalue weighted by Gasteiger charge is 2.40. The summed E-state index contributed by atoms with van der Waals surface area (Å²) in [6.45, 7) is 10.9. The van der Waals surface area contributed by atoms with Crippen LogP contribution in [0.5, 0.6) is 5.75 Å². The van der Waals surface area contributed by atoms with Gasteiger partial charge >= 0.3 is 0 Å². The maximum Gasteiger partial charge on any atom is 0.119 e. The SMILES string of the molecule is COc1cccc(C(CN)N2CC(C)(C)OC(C)(C)C2)c1. The van der Waals surface area contributed by atoms with Crippen molar-refractivity contribution in [2.45, 2.75) is 44.9 Å². The van der Waals surface area contributed by atoms with Crippen molar-refractivity contribution in [3.63, 3.8) is 0 Å². The topological polar surface area (TPSA) is 47.7 Å². The van der Waals surface area contributed by atoms with E-state index in [2.05, 4.69) is 44.7 Å². The van der Waals surface area contributed by atoms with Gasteiger partial charge in [-0.1, -0.05) is 12.1 Å². The number of nitrogens with two attached hydrogens (primary N) is 1. The molecule has 0 saturated carbocycles. The smallest absolute Gasteiger partial charge is 0.119 e. The lowest BCUT2D eigenvalue weighted by molar-refractivity contribution is -0.187. The molecule has 0 amide bonds. The van der Waals surface area contributed by atoms with E-state index in [1.165, 1.54) is 5.56 Å². The van der Waals surface area contributed by atoms with Crippen molar-refractivity contribution in [2.24, 2.45) is 5.73 Å². The van der Waals surface area contributed by atoms with Crippen LogP contribution in [0.1, 0.15) is 39.3 Å². The van der Waals surface area contributed by atoms with Crippen LogP contribution in [0.3, 0.4) is 0 Å². The summed E-state index contributed by atoms with van der Waals surface area (Å²) < 4.78 is 11.5. The molecular weight excluding hydrogens is 264 g/mol. The number of morpholine rings is 1. The molecule has 1 aliphatic heterocycles. The molecule has 1 aromatic carbocycles. The Morgan fingerprint density at radius 2 is 1.86 bits per heavy atom. The second-order valence-electron chi connectivity index (χ2n) is 7.05. The zero-order valence-corrected chi connectivity index (χ0v) is 13.8. The van der Waals surface area contributed by atoms with E-state index in [0.717, 1.165) is 18.8 Å². The van der Waals surface area contributed by atoms with E-state index in [4.69, 9.17) is 15.2 Å². The number of ether oxygens (including phenoxy) is 2. The molecule has 0 aromatic heterocycles. The van der Waals surface area contributed by atoms with Gasteiger partial charge in [-0.3, -0.25) is 4.90 Å². The quantitative estimate of drug-likeness (QED) is 0.926. The van der Waals surface area contributed by atoms with Gasteiger partial charge in [-0.05, 0) is 45.4 Å². The maximum absolute atomic E-state index is 6.16. The molecule has 0 radical (unpaired) electrons. The summed E-state index contributed by atoms with van der Waals surface area (Å²) in [6.07, 6.45) is 0. The van der Waals surface area contributed by atoms with Crippen LogP contribution in [-0.4, -0.2) is 42.8 Å². The lowest BCUT2D eigenvalue weighted by Crippen LogP contribution is -2.58. The van der Waals surface area contributed by atoms with E-state index in [-0.39, 0.29) is 17.2 Å². The predicted molar refractivity (Wildman–Crippen MR) is 85.6 cm³/mol. The first-order chi connectivity index (χ1) is 9.76. The molecule has 0 spiro atoms. The van der Waals surface area contributed by atoms with E-state index in [1.54, 1.807) is 7.11 Å². The molecule has 1 atom stereocenters. The van der Waals surface area contributed by atoms with E-state index in [1.807, 2.05) is 12.1 Å². The van der Waals surface area contributed by atoms with E-state index in [0.29, 0.717) is 6.54 Å². The molecule has 0 bridgehead atoms. The zero-order chi connectivity index (χ0) is 15.7. The van der Waals surface area contributed by atoms with Crippen LogP contribution in [-0.2, 0) is 4.74 Å². The van der Waals surface area contributed by atoms with Crippen molar-refractivity contribution in [2.75, 3.05) is 26.7 Å². The highest BCUT2D eigenvalue weighted by atomic mass is 16.5. The zero-order valence-electron chi connectivity index (χ0n) is 13.8. The number of hydrogen-bond donors (Lipinski definition) is 1. The minimum Gasteiger partial charge on any atom is -0.497 e. The Hall–Kier alpha value is -1.10. The Morgan fingerprint density at radius 3 is 2.38 bits per heavy atom. The summed E-state index contributed by atoms with van der Waals surface area (Å²) in [6, 6.07) is 8.36. The first-order valence-corrected chi connectivity index (χ1v) is 7.54. The first kappa shape index (κ1) is 16.3. The molecule has 4 nitrogen and oxygen atoms in total. The van der Waals surface area contributed by atoms with Crippen LogP contribution < -0.4 is 10.5 Å². The van der Waals surface area contributed by atoms with Crippen LogP contribution in [0.25, 0.3) is 0 Å². The summed E-state index contributed by atoms with van der Waals surface area (Å²) >= 11 is 0. The summed E-state index contributed by atoms with van der Waals surface area (Å²) in [5.41, 5.74) is 6.94. The number of hydrogen-bond acceptors (Lipinski definition) is 4. The van der Waals surface area contributed by atoms with Crippen LogP contribution in [0.15, 0.2) is 24.3 Å². The monoisotopic (exact) mass is 292 g/mol. The van der Waals surface area contributed by atoms with Crippen molar-refractivity contribution in [3.05, 3.63) is 29.8 Å². The van der Waals surface area contributed by atoms with Crippen LogP contribution in [0, 0.1) is 0 Å². The van der Waals surface area contributed by atoms with Crippen LogP contribution >= 0.6 is 0 Å². The number of nitrogens with zero attached hydrogens (tertiary/aromatic N) is 1. The Morgan fingerprint density at radius 1 is 1.24 bits per heavy atom. The van der Waals surface area contributed by atoms with Gasteiger partial charge in [0.15, 0.2) is 0 Å². The molecule has 21 heavy (non-hydrogen) atoms. The van der Waals surface area contributed by atoms with Gasteiger partial charge in [0, 0.05) is 25.7 Å². The Bertz CT molecular complexity index is 469. The third-order valence-electron chi connectivity index (χ3n) is 3.86. The Kier molecular flexibility index (Phi) is 4.61. The highest BCUT2D eigenvalue weighted by Crippen LogP contribution is 2.33. The largest absolute Gasteiger partial charge is 0.497 e. The molecular formula is C17H28N2O2. The summed E-state index contributed by atoms with van der Waals surface area (Å²) in [4.78, 5) is 2.43. The van der Waals surface area contributed by atoms with Crippen LogP contribution in [0.2, 0.25) is 0 Å². The third kappa shape index (κ3) is 3.96. The number of benzene rings is 1. The molecule has 0 aliphatic carbocycles. The van der Waals surface area contributed by atoms with E-state index >= 15 is 0 Å². The average molecular weight is 292 g/mol. The van der Waals surface area contributed by atoms with Crippen molar-refractivity contribution in [3.8, 4) is 5.75 Å².